The molecule has 0 bridgehead atoms. The van der Waals surface area contributed by atoms with Crippen LogP contribution in [0.1, 0.15) is 10.4 Å². The van der Waals surface area contributed by atoms with Crippen molar-refractivity contribution >= 4 is 38.3 Å². The summed E-state index contributed by atoms with van der Waals surface area (Å²) in [5.41, 5.74) is 0.0857. The molecular formula is C14H8BrF3O2. The largest absolute Gasteiger partial charge is 0.451 e. The summed E-state index contributed by atoms with van der Waals surface area (Å²) >= 11 is 2.55. The number of ketones is 2. The van der Waals surface area contributed by atoms with Crippen molar-refractivity contribution in [1.29, 1.82) is 0 Å². The molecule has 0 saturated carbocycles. The van der Waals surface area contributed by atoms with Gasteiger partial charge in [-0.2, -0.15) is 13.2 Å². The molecule has 2 nitrogen and oxygen atoms in total. The number of hydrogen-bond acceptors (Lipinski definition) is 2. The van der Waals surface area contributed by atoms with Crippen molar-refractivity contribution in [3.05, 3.63) is 48.0 Å². The van der Waals surface area contributed by atoms with Gasteiger partial charge in [0.2, 0.25) is 0 Å². The van der Waals surface area contributed by atoms with Crippen molar-refractivity contribution < 1.29 is 22.8 Å². The van der Waals surface area contributed by atoms with Gasteiger partial charge in [-0.25, -0.2) is 0 Å². The summed E-state index contributed by atoms with van der Waals surface area (Å²) < 4.78 is 37.1. The summed E-state index contributed by atoms with van der Waals surface area (Å²) in [6.07, 6.45) is -5.05. The number of benzene rings is 2. The van der Waals surface area contributed by atoms with E-state index in [0.717, 1.165) is 5.39 Å². The van der Waals surface area contributed by atoms with Crippen LogP contribution in [0.4, 0.5) is 13.2 Å². The second-order valence-electron chi connectivity index (χ2n) is 4.12. The second kappa shape index (κ2) is 5.36. The highest BCUT2D eigenvalue weighted by Gasteiger charge is 2.45. The lowest BCUT2D eigenvalue weighted by atomic mass is 9.98. The van der Waals surface area contributed by atoms with Crippen LogP contribution in [0.5, 0.6) is 0 Å². The van der Waals surface area contributed by atoms with Crippen LogP contribution < -0.4 is 0 Å². The van der Waals surface area contributed by atoms with Crippen LogP contribution in [0.3, 0.4) is 0 Å². The minimum atomic E-state index is -5.05. The summed E-state index contributed by atoms with van der Waals surface area (Å²) in [6.45, 7) is 0. The second-order valence-corrected chi connectivity index (χ2v) is 5.03. The average Bonchev–Trinajstić information content (AvgIpc) is 2.43. The Labute approximate surface area is 120 Å². The SMILES string of the molecule is O=C(c1cccc2ccccc12)C(Br)C(=O)C(F)(F)F. The standard InChI is InChI=1S/C14H8BrF3O2/c15-11(13(20)14(16,17)18)12(19)10-7-3-5-8-4-1-2-6-9(8)10/h1-7,11H. The highest BCUT2D eigenvalue weighted by atomic mass is 79.9. The quantitative estimate of drug-likeness (QED) is 0.480. The number of fused-ring (bicyclic) bond motifs is 1. The number of hydrogen-bond donors (Lipinski definition) is 0. The molecule has 0 heterocycles. The van der Waals surface area contributed by atoms with Gasteiger partial charge in [0.05, 0.1) is 0 Å². The third-order valence-electron chi connectivity index (χ3n) is 2.79. The molecule has 0 fully saturated rings. The van der Waals surface area contributed by atoms with Gasteiger partial charge in [-0.3, -0.25) is 9.59 Å². The number of Topliss-reactive ketones (excluding diaryl/α,β-unsaturated/α-hetero) is 2. The van der Waals surface area contributed by atoms with E-state index >= 15 is 0 Å². The Hall–Kier alpha value is -1.69. The third kappa shape index (κ3) is 2.75. The smallest absolute Gasteiger partial charge is 0.292 e. The van der Waals surface area contributed by atoms with Gasteiger partial charge in [-0.15, -0.1) is 0 Å². The van der Waals surface area contributed by atoms with E-state index in [1.54, 1.807) is 36.4 Å². The van der Waals surface area contributed by atoms with E-state index in [2.05, 4.69) is 15.9 Å². The fraction of sp³-hybridized carbons (Fsp3) is 0.143. The summed E-state index contributed by atoms with van der Waals surface area (Å²) in [6, 6.07) is 11.5. The first-order valence-electron chi connectivity index (χ1n) is 5.59. The molecular weight excluding hydrogens is 337 g/mol. The molecule has 104 valence electrons. The molecule has 2 aromatic carbocycles. The van der Waals surface area contributed by atoms with Crippen LogP contribution in [-0.4, -0.2) is 22.6 Å². The lowest BCUT2D eigenvalue weighted by Crippen LogP contribution is -2.36. The van der Waals surface area contributed by atoms with Crippen LogP contribution in [0.15, 0.2) is 42.5 Å². The molecule has 2 rings (SSSR count). The maximum atomic E-state index is 12.4. The first-order chi connectivity index (χ1) is 9.32. The topological polar surface area (TPSA) is 34.1 Å². The fourth-order valence-electron chi connectivity index (χ4n) is 1.84. The molecule has 1 unspecified atom stereocenters. The van der Waals surface area contributed by atoms with Crippen LogP contribution in [0.2, 0.25) is 0 Å². The number of alkyl halides is 4. The van der Waals surface area contributed by atoms with Gasteiger partial charge in [0.25, 0.3) is 5.78 Å². The van der Waals surface area contributed by atoms with Gasteiger partial charge < -0.3 is 0 Å². The third-order valence-corrected chi connectivity index (χ3v) is 3.63. The van der Waals surface area contributed by atoms with Crippen LogP contribution in [-0.2, 0) is 4.79 Å². The molecule has 1 atom stereocenters. The zero-order valence-corrected chi connectivity index (χ0v) is 11.5. The van der Waals surface area contributed by atoms with E-state index in [9.17, 15) is 22.8 Å². The molecule has 0 radical (unpaired) electrons. The maximum absolute atomic E-state index is 12.4. The number of carbonyl (C=O) groups excluding carboxylic acids is 2. The first-order valence-corrected chi connectivity index (χ1v) is 6.51. The normalized spacial score (nSPS) is 13.2. The Kier molecular flexibility index (Phi) is 3.94. The summed E-state index contributed by atoms with van der Waals surface area (Å²) in [4.78, 5) is 21.3. The predicted molar refractivity (Wildman–Crippen MR) is 72.1 cm³/mol. The lowest BCUT2D eigenvalue weighted by Gasteiger charge is -2.12. The molecule has 20 heavy (non-hydrogen) atoms. The van der Waals surface area contributed by atoms with Crippen molar-refractivity contribution in [2.45, 2.75) is 11.0 Å². The van der Waals surface area contributed by atoms with Crippen molar-refractivity contribution in [1.82, 2.24) is 0 Å². The van der Waals surface area contributed by atoms with Crippen molar-refractivity contribution in [2.75, 3.05) is 0 Å². The predicted octanol–water partition coefficient (Wildman–Crippen LogP) is 3.92. The highest BCUT2D eigenvalue weighted by molar-refractivity contribution is 9.10. The maximum Gasteiger partial charge on any atom is 0.451 e. The van der Waals surface area contributed by atoms with E-state index < -0.39 is 22.6 Å². The van der Waals surface area contributed by atoms with E-state index in [1.165, 1.54) is 6.07 Å². The van der Waals surface area contributed by atoms with Gasteiger partial charge in [0.1, 0.15) is 4.83 Å². The monoisotopic (exact) mass is 344 g/mol. The molecule has 0 amide bonds. The zero-order valence-electron chi connectivity index (χ0n) is 9.95. The summed E-state index contributed by atoms with van der Waals surface area (Å²) in [7, 11) is 0. The summed E-state index contributed by atoms with van der Waals surface area (Å²) in [5.74, 6) is -3.00. The molecule has 0 spiro atoms. The van der Waals surface area contributed by atoms with Gasteiger partial charge >= 0.3 is 6.18 Å². The number of carbonyl (C=O) groups is 2. The van der Waals surface area contributed by atoms with E-state index in [1.807, 2.05) is 0 Å². The molecule has 2 aromatic rings. The lowest BCUT2D eigenvalue weighted by molar-refractivity contribution is -0.169. The van der Waals surface area contributed by atoms with Crippen LogP contribution in [0.25, 0.3) is 10.8 Å². The Bertz CT molecular complexity index is 674. The van der Waals surface area contributed by atoms with Crippen molar-refractivity contribution in [2.24, 2.45) is 0 Å². The van der Waals surface area contributed by atoms with Gasteiger partial charge in [-0.05, 0) is 10.8 Å². The molecule has 0 aliphatic rings. The number of halogens is 4. The summed E-state index contributed by atoms with van der Waals surface area (Å²) in [5, 5.41) is 1.23. The molecule has 0 N–H and O–H groups in total. The van der Waals surface area contributed by atoms with Crippen molar-refractivity contribution in [3.8, 4) is 0 Å². The first kappa shape index (κ1) is 14.7. The Morgan fingerprint density at radius 3 is 2.25 bits per heavy atom. The Morgan fingerprint density at radius 1 is 1.00 bits per heavy atom. The van der Waals surface area contributed by atoms with E-state index in [4.69, 9.17) is 0 Å². The molecule has 0 aliphatic carbocycles. The van der Waals surface area contributed by atoms with E-state index in [0.29, 0.717) is 5.39 Å². The fourth-order valence-corrected chi connectivity index (χ4v) is 2.35. The molecule has 6 heteroatoms. The van der Waals surface area contributed by atoms with Crippen LogP contribution >= 0.6 is 15.9 Å². The molecule has 0 aromatic heterocycles. The molecule has 0 saturated heterocycles. The van der Waals surface area contributed by atoms with Gasteiger partial charge in [-0.1, -0.05) is 58.4 Å². The minimum absolute atomic E-state index is 0.0857. The highest BCUT2D eigenvalue weighted by Crippen LogP contribution is 2.26. The Balaban J connectivity index is 2.44. The van der Waals surface area contributed by atoms with Crippen molar-refractivity contribution in [3.63, 3.8) is 0 Å². The Morgan fingerprint density at radius 2 is 1.60 bits per heavy atom. The van der Waals surface area contributed by atoms with Crippen LogP contribution in [0, 0.1) is 0 Å². The van der Waals surface area contributed by atoms with E-state index in [-0.39, 0.29) is 5.56 Å². The zero-order chi connectivity index (χ0) is 14.9. The molecule has 0 aliphatic heterocycles. The number of rotatable bonds is 3. The minimum Gasteiger partial charge on any atom is -0.292 e. The van der Waals surface area contributed by atoms with Gasteiger partial charge in [0.15, 0.2) is 5.78 Å². The van der Waals surface area contributed by atoms with Gasteiger partial charge in [0, 0.05) is 5.56 Å². The average molecular weight is 345 g/mol.